The number of halogens is 2. The van der Waals surface area contributed by atoms with E-state index in [0.717, 1.165) is 16.8 Å². The van der Waals surface area contributed by atoms with E-state index in [1.807, 2.05) is 22.1 Å². The van der Waals surface area contributed by atoms with Gasteiger partial charge in [0.25, 0.3) is 0 Å². The summed E-state index contributed by atoms with van der Waals surface area (Å²) in [6.45, 7) is 4.23. The Morgan fingerprint density at radius 2 is 1.88 bits per heavy atom. The van der Waals surface area contributed by atoms with Crippen molar-refractivity contribution in [3.05, 3.63) is 77.4 Å². The lowest BCUT2D eigenvalue weighted by atomic mass is 10.2. The molecule has 1 amide bonds. The first-order valence-corrected chi connectivity index (χ1v) is 11.7. The zero-order valence-electron chi connectivity index (χ0n) is 16.7. The number of allylic oxidation sites excluding steroid dienone is 1. The molecule has 32 heavy (non-hydrogen) atoms. The second-order valence-corrected chi connectivity index (χ2v) is 8.83. The first-order chi connectivity index (χ1) is 15.5. The third-order valence-electron chi connectivity index (χ3n) is 4.35. The Hall–Kier alpha value is -3.01. The monoisotopic (exact) mass is 485 g/mol. The van der Waals surface area contributed by atoms with Gasteiger partial charge in [0, 0.05) is 28.1 Å². The summed E-state index contributed by atoms with van der Waals surface area (Å²) < 4.78 is 15.1. The van der Waals surface area contributed by atoms with Gasteiger partial charge in [-0.15, -0.1) is 28.1 Å². The van der Waals surface area contributed by atoms with Gasteiger partial charge in [0.2, 0.25) is 5.91 Å². The first-order valence-electron chi connectivity index (χ1n) is 9.47. The van der Waals surface area contributed by atoms with Gasteiger partial charge in [0.1, 0.15) is 5.82 Å². The largest absolute Gasteiger partial charge is 0.301 e. The number of hydrogen-bond acceptors (Lipinski definition) is 6. The summed E-state index contributed by atoms with van der Waals surface area (Å²) in [5.74, 6) is 0.189. The van der Waals surface area contributed by atoms with Gasteiger partial charge in [-0.25, -0.2) is 9.37 Å². The number of rotatable bonds is 8. The van der Waals surface area contributed by atoms with Crippen LogP contribution in [-0.2, 0) is 11.3 Å². The van der Waals surface area contributed by atoms with Crippen molar-refractivity contribution in [2.75, 3.05) is 11.1 Å². The molecule has 0 spiro atoms. The maximum Gasteiger partial charge on any atom is 0.236 e. The average molecular weight is 486 g/mol. The van der Waals surface area contributed by atoms with Crippen molar-refractivity contribution in [2.45, 2.75) is 11.7 Å². The van der Waals surface area contributed by atoms with Crippen LogP contribution < -0.4 is 5.32 Å². The molecule has 0 aliphatic heterocycles. The number of hydrogen-bond donors (Lipinski definition) is 1. The van der Waals surface area contributed by atoms with E-state index in [1.165, 1.54) is 35.2 Å². The van der Waals surface area contributed by atoms with Crippen LogP contribution in [0.3, 0.4) is 0 Å². The summed E-state index contributed by atoms with van der Waals surface area (Å²) >= 11 is 8.53. The number of amides is 1. The van der Waals surface area contributed by atoms with Crippen molar-refractivity contribution >= 4 is 45.7 Å². The predicted molar refractivity (Wildman–Crippen MR) is 128 cm³/mol. The number of benzene rings is 2. The molecule has 0 saturated carbocycles. The Bertz CT molecular complexity index is 1240. The van der Waals surface area contributed by atoms with Crippen LogP contribution in [0.1, 0.15) is 0 Å². The quantitative estimate of drug-likeness (QED) is 0.253. The van der Waals surface area contributed by atoms with Crippen molar-refractivity contribution in [1.29, 1.82) is 0 Å². The number of aromatic nitrogens is 4. The number of thioether (sulfide) groups is 1. The SMILES string of the molecule is C=CCn1c(SCC(=O)Nc2nc(-c3ccc(Cl)cc3)cs2)nnc1-c1ccc(F)cc1. The summed E-state index contributed by atoms with van der Waals surface area (Å²) in [6.07, 6.45) is 1.72. The van der Waals surface area contributed by atoms with Crippen molar-refractivity contribution in [3.63, 3.8) is 0 Å². The summed E-state index contributed by atoms with van der Waals surface area (Å²) in [5.41, 5.74) is 2.42. The molecule has 0 aliphatic rings. The summed E-state index contributed by atoms with van der Waals surface area (Å²) in [6, 6.07) is 13.4. The number of nitrogens with one attached hydrogen (secondary N) is 1. The van der Waals surface area contributed by atoms with Crippen molar-refractivity contribution in [1.82, 2.24) is 19.7 Å². The fraction of sp³-hybridized carbons (Fsp3) is 0.0909. The van der Waals surface area contributed by atoms with Gasteiger partial charge in [-0.3, -0.25) is 9.36 Å². The van der Waals surface area contributed by atoms with Crippen LogP contribution in [-0.4, -0.2) is 31.4 Å². The molecular formula is C22H17ClFN5OS2. The van der Waals surface area contributed by atoms with E-state index in [0.29, 0.717) is 27.7 Å². The maximum absolute atomic E-state index is 13.2. The highest BCUT2D eigenvalue weighted by molar-refractivity contribution is 7.99. The molecule has 0 fully saturated rings. The average Bonchev–Trinajstić information content (AvgIpc) is 3.41. The number of nitrogens with zero attached hydrogens (tertiary/aromatic N) is 4. The molecule has 6 nitrogen and oxygen atoms in total. The lowest BCUT2D eigenvalue weighted by Crippen LogP contribution is -2.14. The minimum absolute atomic E-state index is 0.133. The van der Waals surface area contributed by atoms with E-state index in [1.54, 1.807) is 30.3 Å². The van der Waals surface area contributed by atoms with Crippen molar-refractivity contribution in [3.8, 4) is 22.6 Å². The Morgan fingerprint density at radius 1 is 1.16 bits per heavy atom. The molecule has 0 atom stereocenters. The molecule has 0 unspecified atom stereocenters. The van der Waals surface area contributed by atoms with Crippen molar-refractivity contribution < 1.29 is 9.18 Å². The van der Waals surface area contributed by atoms with E-state index < -0.39 is 0 Å². The summed E-state index contributed by atoms with van der Waals surface area (Å²) in [7, 11) is 0. The van der Waals surface area contributed by atoms with Crippen LogP contribution >= 0.6 is 34.7 Å². The number of thiazole rings is 1. The second-order valence-electron chi connectivity index (χ2n) is 6.59. The fourth-order valence-electron chi connectivity index (χ4n) is 2.87. The van der Waals surface area contributed by atoms with Gasteiger partial charge in [0.15, 0.2) is 16.1 Å². The summed E-state index contributed by atoms with van der Waals surface area (Å²) in [5, 5.41) is 14.8. The third-order valence-corrected chi connectivity index (χ3v) is 6.33. The molecule has 4 aromatic rings. The molecule has 0 radical (unpaired) electrons. The lowest BCUT2D eigenvalue weighted by molar-refractivity contribution is -0.113. The molecular weight excluding hydrogens is 469 g/mol. The standard InChI is InChI=1S/C22H17ClFN5OS2/c1-2-11-29-20(15-5-9-17(24)10-6-15)27-28-22(29)32-13-19(30)26-21-25-18(12-31-21)14-3-7-16(23)8-4-14/h2-10,12H,1,11,13H2,(H,25,26,30). The molecule has 2 aromatic heterocycles. The van der Waals surface area contributed by atoms with Gasteiger partial charge in [-0.05, 0) is 36.4 Å². The zero-order chi connectivity index (χ0) is 22.5. The van der Waals surface area contributed by atoms with Crippen LogP contribution in [0.4, 0.5) is 9.52 Å². The Balaban J connectivity index is 1.41. The minimum atomic E-state index is -0.323. The topological polar surface area (TPSA) is 72.7 Å². The molecule has 2 aromatic carbocycles. The molecule has 4 rings (SSSR count). The molecule has 2 heterocycles. The highest BCUT2D eigenvalue weighted by atomic mass is 35.5. The number of carbonyl (C=O) groups is 1. The predicted octanol–water partition coefficient (Wildman–Crippen LogP) is 5.78. The Labute approximate surface area is 197 Å². The highest BCUT2D eigenvalue weighted by Gasteiger charge is 2.16. The number of carbonyl (C=O) groups excluding carboxylic acids is 1. The lowest BCUT2D eigenvalue weighted by Gasteiger charge is -2.07. The van der Waals surface area contributed by atoms with Gasteiger partial charge < -0.3 is 5.32 Å². The first kappa shape index (κ1) is 22.2. The number of anilines is 1. The van der Waals surface area contributed by atoms with E-state index in [2.05, 4.69) is 27.1 Å². The second kappa shape index (κ2) is 10.1. The smallest absolute Gasteiger partial charge is 0.236 e. The van der Waals surface area contributed by atoms with Crippen LogP contribution in [0.25, 0.3) is 22.6 Å². The van der Waals surface area contributed by atoms with Crippen LogP contribution in [0, 0.1) is 5.82 Å². The highest BCUT2D eigenvalue weighted by Crippen LogP contribution is 2.27. The minimum Gasteiger partial charge on any atom is -0.301 e. The van der Waals surface area contributed by atoms with Gasteiger partial charge >= 0.3 is 0 Å². The van der Waals surface area contributed by atoms with Gasteiger partial charge in [-0.1, -0.05) is 41.6 Å². The van der Waals surface area contributed by atoms with Crippen LogP contribution in [0.2, 0.25) is 5.02 Å². The van der Waals surface area contributed by atoms with Gasteiger partial charge in [-0.2, -0.15) is 0 Å². The molecule has 0 aliphatic carbocycles. The van der Waals surface area contributed by atoms with Crippen molar-refractivity contribution in [2.24, 2.45) is 0 Å². The maximum atomic E-state index is 13.2. The van der Waals surface area contributed by atoms with Crippen LogP contribution in [0.5, 0.6) is 0 Å². The van der Waals surface area contributed by atoms with Gasteiger partial charge in [0.05, 0.1) is 11.4 Å². The summed E-state index contributed by atoms with van der Waals surface area (Å²) in [4.78, 5) is 16.9. The van der Waals surface area contributed by atoms with E-state index in [4.69, 9.17) is 11.6 Å². The third kappa shape index (κ3) is 5.24. The fourth-order valence-corrected chi connectivity index (χ4v) is 4.48. The zero-order valence-corrected chi connectivity index (χ0v) is 19.1. The van der Waals surface area contributed by atoms with Crippen LogP contribution in [0.15, 0.2) is 71.7 Å². The van der Waals surface area contributed by atoms with E-state index in [-0.39, 0.29) is 17.5 Å². The Kier molecular flexibility index (Phi) is 6.99. The van der Waals surface area contributed by atoms with E-state index in [9.17, 15) is 9.18 Å². The van der Waals surface area contributed by atoms with E-state index >= 15 is 0 Å². The normalized spacial score (nSPS) is 10.8. The molecule has 0 saturated heterocycles. The molecule has 10 heteroatoms. The molecule has 0 bridgehead atoms. The Morgan fingerprint density at radius 3 is 2.59 bits per heavy atom. The molecule has 1 N–H and O–H groups in total. The molecule has 162 valence electrons.